The van der Waals surface area contributed by atoms with Crippen LogP contribution in [-0.4, -0.2) is 5.11 Å². The van der Waals surface area contributed by atoms with Crippen molar-refractivity contribution in [2.45, 2.75) is 19.6 Å². The van der Waals surface area contributed by atoms with Crippen LogP contribution in [0.1, 0.15) is 24.2 Å². The maximum Gasteiger partial charge on any atom is 0.165 e. The minimum absolute atomic E-state index is 0.0569. The van der Waals surface area contributed by atoms with Gasteiger partial charge in [-0.3, -0.25) is 0 Å². The Balaban J connectivity index is 2.11. The Labute approximate surface area is 124 Å². The average molecular weight is 343 g/mol. The summed E-state index contributed by atoms with van der Waals surface area (Å²) in [7, 11) is 0. The number of hydrogen-bond acceptors (Lipinski definition) is 2. The standard InChI is InChI=1S/C15H13BrF2O2/c1-9(19)11-2-3-15(14(18)6-11)20-8-10-4-12(16)7-13(17)5-10/h2-7,9,19H,8H2,1H3/t9-/m0/s1. The molecule has 2 aromatic carbocycles. The van der Waals surface area contributed by atoms with Gasteiger partial charge in [-0.1, -0.05) is 22.0 Å². The highest BCUT2D eigenvalue weighted by atomic mass is 79.9. The maximum absolute atomic E-state index is 13.8. The Morgan fingerprint density at radius 1 is 1.20 bits per heavy atom. The van der Waals surface area contributed by atoms with E-state index in [4.69, 9.17) is 4.74 Å². The smallest absolute Gasteiger partial charge is 0.165 e. The predicted octanol–water partition coefficient (Wildman–Crippen LogP) is 4.36. The monoisotopic (exact) mass is 342 g/mol. The molecule has 2 aromatic rings. The van der Waals surface area contributed by atoms with Crippen LogP contribution in [0.4, 0.5) is 8.78 Å². The first kappa shape index (κ1) is 14.9. The van der Waals surface area contributed by atoms with Gasteiger partial charge in [0.1, 0.15) is 12.4 Å². The number of halogens is 3. The summed E-state index contributed by atoms with van der Waals surface area (Å²) in [5, 5.41) is 9.35. The Bertz CT molecular complexity index is 595. The van der Waals surface area contributed by atoms with Gasteiger partial charge in [0.2, 0.25) is 0 Å². The lowest BCUT2D eigenvalue weighted by Crippen LogP contribution is -2.00. The molecule has 0 spiro atoms. The van der Waals surface area contributed by atoms with Crippen LogP contribution in [0.15, 0.2) is 40.9 Å². The van der Waals surface area contributed by atoms with Gasteiger partial charge in [-0.15, -0.1) is 0 Å². The van der Waals surface area contributed by atoms with E-state index in [-0.39, 0.29) is 18.2 Å². The number of aliphatic hydroxyl groups excluding tert-OH is 1. The van der Waals surface area contributed by atoms with E-state index in [2.05, 4.69) is 15.9 Å². The second kappa shape index (κ2) is 6.33. The zero-order valence-electron chi connectivity index (χ0n) is 10.7. The van der Waals surface area contributed by atoms with E-state index in [1.807, 2.05) is 0 Å². The van der Waals surface area contributed by atoms with E-state index in [0.29, 0.717) is 15.6 Å². The highest BCUT2D eigenvalue weighted by molar-refractivity contribution is 9.10. The highest BCUT2D eigenvalue weighted by Crippen LogP contribution is 2.23. The largest absolute Gasteiger partial charge is 0.486 e. The normalized spacial score (nSPS) is 12.2. The fraction of sp³-hybridized carbons (Fsp3) is 0.200. The van der Waals surface area contributed by atoms with E-state index < -0.39 is 11.9 Å². The van der Waals surface area contributed by atoms with Crippen molar-refractivity contribution < 1.29 is 18.6 Å². The number of hydrogen-bond donors (Lipinski definition) is 1. The number of aliphatic hydroxyl groups is 1. The first-order chi connectivity index (χ1) is 9.45. The van der Waals surface area contributed by atoms with Gasteiger partial charge >= 0.3 is 0 Å². The fourth-order valence-electron chi connectivity index (χ4n) is 1.75. The first-order valence-electron chi connectivity index (χ1n) is 6.01. The number of ether oxygens (including phenoxy) is 1. The molecule has 0 saturated carbocycles. The average Bonchev–Trinajstić information content (AvgIpc) is 2.36. The lowest BCUT2D eigenvalue weighted by atomic mass is 10.1. The molecule has 2 nitrogen and oxygen atoms in total. The highest BCUT2D eigenvalue weighted by Gasteiger charge is 2.08. The molecule has 0 unspecified atom stereocenters. The molecule has 106 valence electrons. The molecule has 2 rings (SSSR count). The van der Waals surface area contributed by atoms with Crippen molar-refractivity contribution >= 4 is 15.9 Å². The Morgan fingerprint density at radius 3 is 2.55 bits per heavy atom. The van der Waals surface area contributed by atoms with Gasteiger partial charge in [-0.25, -0.2) is 8.78 Å². The molecule has 0 radical (unpaired) electrons. The lowest BCUT2D eigenvalue weighted by Gasteiger charge is -2.10. The van der Waals surface area contributed by atoms with Gasteiger partial charge in [0, 0.05) is 4.47 Å². The van der Waals surface area contributed by atoms with E-state index in [1.165, 1.54) is 24.3 Å². The van der Waals surface area contributed by atoms with Crippen molar-refractivity contribution in [3.63, 3.8) is 0 Å². The van der Waals surface area contributed by atoms with Gasteiger partial charge < -0.3 is 9.84 Å². The molecule has 5 heteroatoms. The third kappa shape index (κ3) is 3.77. The van der Waals surface area contributed by atoms with Crippen molar-refractivity contribution in [2.75, 3.05) is 0 Å². The molecule has 0 bridgehead atoms. The van der Waals surface area contributed by atoms with Gasteiger partial charge in [-0.05, 0) is 48.4 Å². The van der Waals surface area contributed by atoms with Crippen LogP contribution in [-0.2, 0) is 6.61 Å². The molecule has 0 amide bonds. The Hall–Kier alpha value is -1.46. The van der Waals surface area contributed by atoms with Gasteiger partial charge in [-0.2, -0.15) is 0 Å². The van der Waals surface area contributed by atoms with Crippen molar-refractivity contribution in [1.29, 1.82) is 0 Å². The topological polar surface area (TPSA) is 29.5 Å². The maximum atomic E-state index is 13.8. The molecule has 1 atom stereocenters. The summed E-state index contributed by atoms with van der Waals surface area (Å²) in [6.07, 6.45) is -0.738. The molecule has 20 heavy (non-hydrogen) atoms. The van der Waals surface area contributed by atoms with Crippen LogP contribution in [0, 0.1) is 11.6 Å². The summed E-state index contributed by atoms with van der Waals surface area (Å²) in [6, 6.07) is 8.62. The van der Waals surface area contributed by atoms with Crippen molar-refractivity contribution in [3.05, 3.63) is 63.6 Å². The van der Waals surface area contributed by atoms with Crippen LogP contribution < -0.4 is 4.74 Å². The molecule has 1 N–H and O–H groups in total. The Morgan fingerprint density at radius 2 is 1.95 bits per heavy atom. The van der Waals surface area contributed by atoms with Crippen LogP contribution in [0.5, 0.6) is 5.75 Å². The van der Waals surface area contributed by atoms with E-state index in [9.17, 15) is 13.9 Å². The minimum Gasteiger partial charge on any atom is -0.486 e. The van der Waals surface area contributed by atoms with Gasteiger partial charge in [0.15, 0.2) is 11.6 Å². The quantitative estimate of drug-likeness (QED) is 0.894. The molecule has 0 aliphatic carbocycles. The van der Waals surface area contributed by atoms with E-state index >= 15 is 0 Å². The van der Waals surface area contributed by atoms with E-state index in [0.717, 1.165) is 0 Å². The van der Waals surface area contributed by atoms with Crippen LogP contribution in [0.2, 0.25) is 0 Å². The predicted molar refractivity (Wildman–Crippen MR) is 75.5 cm³/mol. The molecule has 0 aliphatic heterocycles. The molecular weight excluding hydrogens is 330 g/mol. The SMILES string of the molecule is C[C@H](O)c1ccc(OCc2cc(F)cc(Br)c2)c(F)c1. The van der Waals surface area contributed by atoms with Crippen LogP contribution >= 0.6 is 15.9 Å². The molecule has 0 fully saturated rings. The lowest BCUT2D eigenvalue weighted by molar-refractivity contribution is 0.198. The van der Waals surface area contributed by atoms with Crippen molar-refractivity contribution in [2.24, 2.45) is 0 Å². The number of rotatable bonds is 4. The van der Waals surface area contributed by atoms with E-state index in [1.54, 1.807) is 19.1 Å². The van der Waals surface area contributed by atoms with Crippen molar-refractivity contribution in [1.82, 2.24) is 0 Å². The van der Waals surface area contributed by atoms with Crippen LogP contribution in [0.25, 0.3) is 0 Å². The van der Waals surface area contributed by atoms with Crippen molar-refractivity contribution in [3.8, 4) is 5.75 Å². The summed E-state index contributed by atoms with van der Waals surface area (Å²) >= 11 is 3.18. The molecule has 0 aliphatic rings. The van der Waals surface area contributed by atoms with Gasteiger partial charge in [0.25, 0.3) is 0 Å². The summed E-state index contributed by atoms with van der Waals surface area (Å²) in [5.41, 5.74) is 1.07. The summed E-state index contributed by atoms with van der Waals surface area (Å²) in [4.78, 5) is 0. The summed E-state index contributed by atoms with van der Waals surface area (Å²) in [6.45, 7) is 1.61. The zero-order valence-corrected chi connectivity index (χ0v) is 12.3. The second-order valence-electron chi connectivity index (χ2n) is 4.43. The Kier molecular flexibility index (Phi) is 4.73. The third-order valence-corrected chi connectivity index (χ3v) is 3.21. The van der Waals surface area contributed by atoms with Gasteiger partial charge in [0.05, 0.1) is 6.10 Å². The molecular formula is C15H13BrF2O2. The number of benzene rings is 2. The fourth-order valence-corrected chi connectivity index (χ4v) is 2.26. The minimum atomic E-state index is -0.738. The summed E-state index contributed by atoms with van der Waals surface area (Å²) < 4.78 is 32.9. The third-order valence-electron chi connectivity index (χ3n) is 2.76. The molecule has 0 aromatic heterocycles. The first-order valence-corrected chi connectivity index (χ1v) is 6.80. The zero-order chi connectivity index (χ0) is 14.7. The summed E-state index contributed by atoms with van der Waals surface area (Å²) in [5.74, 6) is -0.878. The second-order valence-corrected chi connectivity index (χ2v) is 5.35. The molecule has 0 heterocycles. The van der Waals surface area contributed by atoms with Crippen LogP contribution in [0.3, 0.4) is 0 Å². The molecule has 0 saturated heterocycles.